The number of aryl methyl sites for hydroxylation is 1. The molecule has 0 aliphatic heterocycles. The molecule has 2 N–H and O–H groups in total. The third-order valence-corrected chi connectivity index (χ3v) is 1.53. The Hall–Kier alpha value is -1.09. The number of ketones is 1. The van der Waals surface area contributed by atoms with E-state index in [9.17, 15) is 4.79 Å². The molecule has 1 heterocycles. The first kappa shape index (κ1) is 8.01. The minimum Gasteiger partial charge on any atom is -0.357 e. The van der Waals surface area contributed by atoms with Crippen molar-refractivity contribution >= 4 is 5.78 Å². The van der Waals surface area contributed by atoms with Gasteiger partial charge in [0.15, 0.2) is 5.78 Å². The van der Waals surface area contributed by atoms with Gasteiger partial charge in [-0.05, 0) is 13.0 Å². The fraction of sp³-hybridized carbons (Fsp3) is 0.375. The van der Waals surface area contributed by atoms with Crippen LogP contribution in [-0.2, 0) is 7.05 Å². The van der Waals surface area contributed by atoms with E-state index in [2.05, 4.69) is 0 Å². The zero-order chi connectivity index (χ0) is 8.43. The fourth-order valence-electron chi connectivity index (χ4n) is 0.912. The summed E-state index contributed by atoms with van der Waals surface area (Å²) >= 11 is 0. The molecule has 60 valence electrons. The van der Waals surface area contributed by atoms with E-state index in [0.29, 0.717) is 5.56 Å². The minimum atomic E-state index is -0.405. The number of carbonyl (C=O) groups is 1. The Morgan fingerprint density at radius 1 is 1.73 bits per heavy atom. The van der Waals surface area contributed by atoms with E-state index in [-0.39, 0.29) is 5.78 Å². The van der Waals surface area contributed by atoms with E-state index in [0.717, 1.165) is 0 Å². The molecule has 0 aliphatic carbocycles. The lowest BCUT2D eigenvalue weighted by molar-refractivity contribution is 0.0968. The molecule has 11 heavy (non-hydrogen) atoms. The Morgan fingerprint density at radius 3 is 2.73 bits per heavy atom. The summed E-state index contributed by atoms with van der Waals surface area (Å²) in [6.45, 7) is 1.69. The molecule has 0 aliphatic rings. The molecule has 1 rings (SSSR count). The molecule has 0 saturated heterocycles. The van der Waals surface area contributed by atoms with Crippen LogP contribution in [0.1, 0.15) is 17.3 Å². The molecular weight excluding hydrogens is 140 g/mol. The van der Waals surface area contributed by atoms with Crippen LogP contribution in [0.2, 0.25) is 0 Å². The first-order chi connectivity index (χ1) is 5.11. The van der Waals surface area contributed by atoms with Crippen molar-refractivity contribution in [2.75, 3.05) is 0 Å². The molecule has 1 aromatic rings. The molecule has 0 fully saturated rings. The third-order valence-electron chi connectivity index (χ3n) is 1.53. The minimum absolute atomic E-state index is 0.00870. The summed E-state index contributed by atoms with van der Waals surface area (Å²) in [5, 5.41) is 0. The monoisotopic (exact) mass is 152 g/mol. The van der Waals surface area contributed by atoms with E-state index in [1.165, 1.54) is 0 Å². The summed E-state index contributed by atoms with van der Waals surface area (Å²) in [4.78, 5) is 11.2. The Balaban J connectivity index is 2.85. The first-order valence-corrected chi connectivity index (χ1v) is 3.53. The number of nitrogens with zero attached hydrogens (tertiary/aromatic N) is 1. The highest BCUT2D eigenvalue weighted by atomic mass is 16.1. The van der Waals surface area contributed by atoms with Gasteiger partial charge < -0.3 is 10.3 Å². The van der Waals surface area contributed by atoms with Gasteiger partial charge in [-0.3, -0.25) is 4.79 Å². The topological polar surface area (TPSA) is 48.0 Å². The number of Topliss-reactive ketones (excluding diaryl/α,β-unsaturated/α-hetero) is 1. The molecule has 3 heteroatoms. The zero-order valence-corrected chi connectivity index (χ0v) is 6.74. The Morgan fingerprint density at radius 2 is 2.36 bits per heavy atom. The summed E-state index contributed by atoms with van der Waals surface area (Å²) in [6.07, 6.45) is 3.60. The average Bonchev–Trinajstić information content (AvgIpc) is 2.34. The predicted molar refractivity (Wildman–Crippen MR) is 43.4 cm³/mol. The SMILES string of the molecule is CC(N)C(=O)c1ccn(C)c1. The molecule has 0 amide bonds. The summed E-state index contributed by atoms with van der Waals surface area (Å²) in [5.74, 6) is -0.00870. The van der Waals surface area contributed by atoms with Gasteiger partial charge in [0.05, 0.1) is 6.04 Å². The fourth-order valence-corrected chi connectivity index (χ4v) is 0.912. The number of hydrogen-bond donors (Lipinski definition) is 1. The van der Waals surface area contributed by atoms with Crippen LogP contribution in [0.4, 0.5) is 0 Å². The highest BCUT2D eigenvalue weighted by Crippen LogP contribution is 2.02. The smallest absolute Gasteiger partial charge is 0.180 e. The number of aromatic nitrogens is 1. The van der Waals surface area contributed by atoms with Crippen molar-refractivity contribution in [3.8, 4) is 0 Å². The average molecular weight is 152 g/mol. The Labute approximate surface area is 65.8 Å². The largest absolute Gasteiger partial charge is 0.357 e. The van der Waals surface area contributed by atoms with Crippen LogP contribution in [0.15, 0.2) is 18.5 Å². The van der Waals surface area contributed by atoms with E-state index in [1.54, 1.807) is 19.2 Å². The van der Waals surface area contributed by atoms with Crippen LogP contribution >= 0.6 is 0 Å². The molecule has 3 nitrogen and oxygen atoms in total. The van der Waals surface area contributed by atoms with Gasteiger partial charge >= 0.3 is 0 Å². The summed E-state index contributed by atoms with van der Waals surface area (Å²) in [7, 11) is 1.87. The van der Waals surface area contributed by atoms with Gasteiger partial charge in [0.25, 0.3) is 0 Å². The quantitative estimate of drug-likeness (QED) is 0.629. The maximum atomic E-state index is 11.2. The van der Waals surface area contributed by atoms with Crippen molar-refractivity contribution in [2.45, 2.75) is 13.0 Å². The molecule has 0 radical (unpaired) electrons. The summed E-state index contributed by atoms with van der Waals surface area (Å²) in [5.41, 5.74) is 6.10. The maximum Gasteiger partial charge on any atom is 0.180 e. The van der Waals surface area contributed by atoms with Crippen LogP contribution in [0.3, 0.4) is 0 Å². The molecule has 1 atom stereocenters. The lowest BCUT2D eigenvalue weighted by Crippen LogP contribution is -2.26. The normalized spacial score (nSPS) is 13.0. The zero-order valence-electron chi connectivity index (χ0n) is 6.74. The van der Waals surface area contributed by atoms with Crippen molar-refractivity contribution in [2.24, 2.45) is 12.8 Å². The van der Waals surface area contributed by atoms with Crippen LogP contribution in [0.25, 0.3) is 0 Å². The Kier molecular flexibility index (Phi) is 2.10. The van der Waals surface area contributed by atoms with Gasteiger partial charge in [-0.15, -0.1) is 0 Å². The van der Waals surface area contributed by atoms with Crippen molar-refractivity contribution in [3.63, 3.8) is 0 Å². The van der Waals surface area contributed by atoms with Crippen LogP contribution < -0.4 is 5.73 Å². The number of rotatable bonds is 2. The van der Waals surface area contributed by atoms with Crippen molar-refractivity contribution in [3.05, 3.63) is 24.0 Å². The van der Waals surface area contributed by atoms with Crippen molar-refractivity contribution < 1.29 is 4.79 Å². The molecular formula is C8H12N2O. The standard InChI is InChI=1S/C8H12N2O/c1-6(9)8(11)7-3-4-10(2)5-7/h3-6H,9H2,1-2H3. The van der Waals surface area contributed by atoms with Crippen LogP contribution in [0.5, 0.6) is 0 Å². The van der Waals surface area contributed by atoms with Crippen LogP contribution in [-0.4, -0.2) is 16.4 Å². The number of nitrogens with two attached hydrogens (primary N) is 1. The summed E-state index contributed by atoms with van der Waals surface area (Å²) in [6, 6.07) is 1.36. The lowest BCUT2D eigenvalue weighted by Gasteiger charge is -1.99. The van der Waals surface area contributed by atoms with Gasteiger partial charge in [-0.1, -0.05) is 0 Å². The van der Waals surface area contributed by atoms with E-state index < -0.39 is 6.04 Å². The lowest BCUT2D eigenvalue weighted by atomic mass is 10.1. The molecule has 1 aromatic heterocycles. The molecule has 1 unspecified atom stereocenters. The van der Waals surface area contributed by atoms with E-state index >= 15 is 0 Å². The summed E-state index contributed by atoms with van der Waals surface area (Å²) < 4.78 is 1.83. The molecule has 0 saturated carbocycles. The Bertz CT molecular complexity index is 263. The second-order valence-electron chi connectivity index (χ2n) is 2.72. The van der Waals surface area contributed by atoms with Crippen molar-refractivity contribution in [1.29, 1.82) is 0 Å². The van der Waals surface area contributed by atoms with Gasteiger partial charge in [0.1, 0.15) is 0 Å². The van der Waals surface area contributed by atoms with E-state index in [1.807, 2.05) is 17.8 Å². The second-order valence-corrected chi connectivity index (χ2v) is 2.72. The number of hydrogen-bond acceptors (Lipinski definition) is 2. The molecule has 0 aromatic carbocycles. The van der Waals surface area contributed by atoms with Gasteiger partial charge in [0.2, 0.25) is 0 Å². The third kappa shape index (κ3) is 1.68. The van der Waals surface area contributed by atoms with Crippen molar-refractivity contribution in [1.82, 2.24) is 4.57 Å². The van der Waals surface area contributed by atoms with Crippen LogP contribution in [0, 0.1) is 0 Å². The predicted octanol–water partition coefficient (Wildman–Crippen LogP) is 0.555. The maximum absolute atomic E-state index is 11.2. The van der Waals surface area contributed by atoms with Gasteiger partial charge in [0, 0.05) is 25.0 Å². The molecule has 0 bridgehead atoms. The molecule has 0 spiro atoms. The second kappa shape index (κ2) is 2.88. The highest BCUT2D eigenvalue weighted by molar-refractivity contribution is 5.99. The number of carbonyl (C=O) groups excluding carboxylic acids is 1. The first-order valence-electron chi connectivity index (χ1n) is 3.53. The van der Waals surface area contributed by atoms with E-state index in [4.69, 9.17) is 5.73 Å². The highest BCUT2D eigenvalue weighted by Gasteiger charge is 2.10. The van der Waals surface area contributed by atoms with Gasteiger partial charge in [-0.2, -0.15) is 0 Å². The van der Waals surface area contributed by atoms with Gasteiger partial charge in [-0.25, -0.2) is 0 Å².